The van der Waals surface area contributed by atoms with Gasteiger partial charge < -0.3 is 4.42 Å². The Morgan fingerprint density at radius 3 is 2.74 bits per heavy atom. The van der Waals surface area contributed by atoms with E-state index in [-0.39, 0.29) is 12.4 Å². The lowest BCUT2D eigenvalue weighted by atomic mass is 10.4. The van der Waals surface area contributed by atoms with E-state index in [0.29, 0.717) is 12.2 Å². The van der Waals surface area contributed by atoms with E-state index in [0.717, 1.165) is 6.07 Å². The maximum atomic E-state index is 13.4. The zero-order valence-electron chi connectivity index (χ0n) is 10.3. The van der Waals surface area contributed by atoms with Crippen molar-refractivity contribution in [3.63, 3.8) is 0 Å². The molecule has 2 rings (SSSR count). The molecule has 0 bridgehead atoms. The molecule has 2 aromatic rings. The number of nitrogens with one attached hydrogen (secondary N) is 1. The summed E-state index contributed by atoms with van der Waals surface area (Å²) in [5.41, 5.74) is 0. The van der Waals surface area contributed by atoms with Gasteiger partial charge in [-0.25, -0.2) is 22.5 Å². The van der Waals surface area contributed by atoms with Crippen molar-refractivity contribution in [1.29, 1.82) is 0 Å². The molecule has 0 saturated heterocycles. The molecule has 1 heterocycles. The molecule has 0 unspecified atom stereocenters. The molecule has 0 saturated carbocycles. The second-order valence-corrected chi connectivity index (χ2v) is 5.56. The van der Waals surface area contributed by atoms with Crippen LogP contribution in [0.5, 0.6) is 0 Å². The summed E-state index contributed by atoms with van der Waals surface area (Å²) in [6, 6.07) is 5.17. The Hall–Kier alpha value is -1.73. The molecule has 1 aromatic heterocycles. The molecular weight excluding hydrogens is 271 g/mol. The highest BCUT2D eigenvalue weighted by Gasteiger charge is 2.18. The molecule has 0 aliphatic heterocycles. The van der Waals surface area contributed by atoms with E-state index < -0.39 is 20.7 Å². The number of sulfonamides is 1. The van der Waals surface area contributed by atoms with E-state index in [1.807, 2.05) is 6.92 Å². The number of oxazole rings is 1. The van der Waals surface area contributed by atoms with Crippen molar-refractivity contribution in [2.24, 2.45) is 0 Å². The van der Waals surface area contributed by atoms with Gasteiger partial charge in [-0.1, -0.05) is 19.1 Å². The normalized spacial score (nSPS) is 11.7. The van der Waals surface area contributed by atoms with Crippen LogP contribution in [-0.2, 0) is 23.0 Å². The third-order valence-corrected chi connectivity index (χ3v) is 3.92. The van der Waals surface area contributed by atoms with Crippen LogP contribution in [0.15, 0.2) is 39.8 Å². The van der Waals surface area contributed by atoms with Crippen LogP contribution < -0.4 is 4.72 Å². The highest BCUT2D eigenvalue weighted by atomic mass is 32.2. The van der Waals surface area contributed by atoms with Crippen molar-refractivity contribution in [3.05, 3.63) is 47.9 Å². The Morgan fingerprint density at radius 2 is 2.11 bits per heavy atom. The van der Waals surface area contributed by atoms with Gasteiger partial charge in [-0.05, 0) is 12.1 Å². The van der Waals surface area contributed by atoms with Gasteiger partial charge in [-0.3, -0.25) is 0 Å². The minimum atomic E-state index is -3.91. The predicted octanol–water partition coefficient (Wildman–Crippen LogP) is 1.85. The Morgan fingerprint density at radius 1 is 1.37 bits per heavy atom. The Labute approximate surface area is 110 Å². The van der Waals surface area contributed by atoms with E-state index in [1.165, 1.54) is 24.4 Å². The SMILES string of the molecule is CCc1cnc(CNS(=O)(=O)c2ccccc2F)o1. The lowest BCUT2D eigenvalue weighted by Crippen LogP contribution is -2.24. The fourth-order valence-corrected chi connectivity index (χ4v) is 2.54. The third kappa shape index (κ3) is 3.18. The minimum Gasteiger partial charge on any atom is -0.444 e. The molecule has 5 nitrogen and oxygen atoms in total. The molecule has 19 heavy (non-hydrogen) atoms. The molecule has 0 radical (unpaired) electrons. The first-order valence-electron chi connectivity index (χ1n) is 5.70. The van der Waals surface area contributed by atoms with Crippen LogP contribution in [-0.4, -0.2) is 13.4 Å². The molecule has 0 spiro atoms. The molecule has 1 N–H and O–H groups in total. The molecule has 1 aromatic carbocycles. The number of benzene rings is 1. The molecule has 102 valence electrons. The fourth-order valence-electron chi connectivity index (χ4n) is 1.49. The second kappa shape index (κ2) is 5.50. The van der Waals surface area contributed by atoms with E-state index in [2.05, 4.69) is 9.71 Å². The lowest BCUT2D eigenvalue weighted by Gasteiger charge is -2.05. The maximum Gasteiger partial charge on any atom is 0.243 e. The van der Waals surface area contributed by atoms with E-state index in [9.17, 15) is 12.8 Å². The summed E-state index contributed by atoms with van der Waals surface area (Å²) in [5, 5.41) is 0. The number of aromatic nitrogens is 1. The highest BCUT2D eigenvalue weighted by molar-refractivity contribution is 7.89. The largest absolute Gasteiger partial charge is 0.444 e. The van der Waals surface area contributed by atoms with Crippen LogP contribution in [0, 0.1) is 5.82 Å². The standard InChI is InChI=1S/C12H13FN2O3S/c1-2-9-7-14-12(18-9)8-15-19(16,17)11-6-4-3-5-10(11)13/h3-7,15H,2,8H2,1H3. The van der Waals surface area contributed by atoms with Crippen molar-refractivity contribution >= 4 is 10.0 Å². The lowest BCUT2D eigenvalue weighted by molar-refractivity contribution is 0.451. The molecule has 7 heteroatoms. The van der Waals surface area contributed by atoms with Gasteiger partial charge in [-0.15, -0.1) is 0 Å². The van der Waals surface area contributed by atoms with Gasteiger partial charge >= 0.3 is 0 Å². The smallest absolute Gasteiger partial charge is 0.243 e. The van der Waals surface area contributed by atoms with Crippen LogP contribution in [0.1, 0.15) is 18.6 Å². The average Bonchev–Trinajstić information content (AvgIpc) is 2.85. The molecule has 0 aliphatic rings. The minimum absolute atomic E-state index is 0.114. The highest BCUT2D eigenvalue weighted by Crippen LogP contribution is 2.13. The molecular formula is C12H13FN2O3S. The number of nitrogens with zero attached hydrogens (tertiary/aromatic N) is 1. The van der Waals surface area contributed by atoms with Crippen molar-refractivity contribution in [2.45, 2.75) is 24.8 Å². The van der Waals surface area contributed by atoms with Crippen molar-refractivity contribution < 1.29 is 17.2 Å². The topological polar surface area (TPSA) is 72.2 Å². The number of hydrogen-bond acceptors (Lipinski definition) is 4. The van der Waals surface area contributed by atoms with E-state index >= 15 is 0 Å². The monoisotopic (exact) mass is 284 g/mol. The van der Waals surface area contributed by atoms with Crippen molar-refractivity contribution in [2.75, 3.05) is 0 Å². The van der Waals surface area contributed by atoms with Gasteiger partial charge in [0.25, 0.3) is 0 Å². The third-order valence-electron chi connectivity index (χ3n) is 2.49. The van der Waals surface area contributed by atoms with Crippen LogP contribution in [0.25, 0.3) is 0 Å². The van der Waals surface area contributed by atoms with E-state index in [1.54, 1.807) is 0 Å². The van der Waals surface area contributed by atoms with Gasteiger partial charge in [-0.2, -0.15) is 0 Å². The summed E-state index contributed by atoms with van der Waals surface area (Å²) < 4.78 is 44.7. The van der Waals surface area contributed by atoms with Gasteiger partial charge in [0, 0.05) is 6.42 Å². The van der Waals surface area contributed by atoms with Crippen molar-refractivity contribution in [1.82, 2.24) is 9.71 Å². The van der Waals surface area contributed by atoms with Crippen molar-refractivity contribution in [3.8, 4) is 0 Å². The van der Waals surface area contributed by atoms with Gasteiger partial charge in [0.05, 0.1) is 12.7 Å². The Bertz CT molecular complexity index is 667. The first-order chi connectivity index (χ1) is 9.03. The quantitative estimate of drug-likeness (QED) is 0.909. The van der Waals surface area contributed by atoms with E-state index in [4.69, 9.17) is 4.42 Å². The Kier molecular flexibility index (Phi) is 3.96. The molecule has 0 fully saturated rings. The van der Waals surface area contributed by atoms with Crippen LogP contribution in [0.3, 0.4) is 0 Å². The summed E-state index contributed by atoms with van der Waals surface area (Å²) in [6.07, 6.45) is 2.21. The number of halogens is 1. The number of rotatable bonds is 5. The van der Waals surface area contributed by atoms with Crippen LogP contribution in [0.4, 0.5) is 4.39 Å². The summed E-state index contributed by atoms with van der Waals surface area (Å²) >= 11 is 0. The number of aryl methyl sites for hydroxylation is 1. The first-order valence-corrected chi connectivity index (χ1v) is 7.19. The Balaban J connectivity index is 2.12. The second-order valence-electron chi connectivity index (χ2n) is 3.83. The zero-order chi connectivity index (χ0) is 13.9. The predicted molar refractivity (Wildman–Crippen MR) is 66.3 cm³/mol. The van der Waals surface area contributed by atoms with Crippen LogP contribution in [0.2, 0.25) is 0 Å². The fraction of sp³-hybridized carbons (Fsp3) is 0.250. The summed E-state index contributed by atoms with van der Waals surface area (Å²) in [5.74, 6) is 0.119. The van der Waals surface area contributed by atoms with Gasteiger partial charge in [0.1, 0.15) is 16.5 Å². The van der Waals surface area contributed by atoms with Crippen LogP contribution >= 0.6 is 0 Å². The maximum absolute atomic E-state index is 13.4. The summed E-state index contributed by atoms with van der Waals surface area (Å²) in [4.78, 5) is 3.53. The van der Waals surface area contributed by atoms with Gasteiger partial charge in [0.15, 0.2) is 0 Å². The average molecular weight is 284 g/mol. The zero-order valence-corrected chi connectivity index (χ0v) is 11.1. The molecule has 0 atom stereocenters. The molecule has 0 amide bonds. The summed E-state index contributed by atoms with van der Waals surface area (Å²) in [7, 11) is -3.91. The first kappa shape index (κ1) is 13.7. The number of hydrogen-bond donors (Lipinski definition) is 1. The van der Waals surface area contributed by atoms with Gasteiger partial charge in [0.2, 0.25) is 15.9 Å². The molecule has 0 aliphatic carbocycles. The summed E-state index contributed by atoms with van der Waals surface area (Å²) in [6.45, 7) is 1.78.